The van der Waals surface area contributed by atoms with Crippen LogP contribution in [-0.4, -0.2) is 96.8 Å². The van der Waals surface area contributed by atoms with E-state index in [2.05, 4.69) is 26.3 Å². The minimum absolute atomic E-state index is 0.00302. The van der Waals surface area contributed by atoms with Crippen LogP contribution in [0.4, 0.5) is 4.79 Å². The molecule has 0 bridgehead atoms. The number of carbonyl (C=O) groups excluding carboxylic acids is 5. The maximum atomic E-state index is 14.8. The molecule has 2 aromatic carbocycles. The minimum Gasteiger partial charge on any atom is -0.465 e. The van der Waals surface area contributed by atoms with Crippen LogP contribution < -0.4 is 21.7 Å². The molecule has 16 nitrogen and oxygen atoms in total. The molecule has 1 aliphatic carbocycles. The normalized spacial score (nSPS) is 18.8. The number of likely N-dealkylation sites (tertiary alicyclic amines) is 1. The standard InChI is InChI=1S/C38H50N8O8/c1-38(2,54)31-21-41-44-46(31)27-20-30(35(50)42-28(32(47)33(39)48)14-8-9-17-40-37(52)53)45(22-27)36(51)29(18-23-10-4-3-5-11-23)43-34(49)26-16-15-24-12-6-7-13-25(24)19-26/h6-7,12-13,15-16,19,21,23,27-30,40,54H,3-5,8-11,14,17-18,20,22H2,1-2H3,(H2,39,48)(H,42,50)(H,43,49)(H,52,53)/t27-,28?,29+,30-/m0/s1. The Hall–Kier alpha value is -5.38. The van der Waals surface area contributed by atoms with Crippen molar-refractivity contribution in [2.24, 2.45) is 11.7 Å². The van der Waals surface area contributed by atoms with Gasteiger partial charge in [-0.15, -0.1) is 5.10 Å². The summed E-state index contributed by atoms with van der Waals surface area (Å²) in [7, 11) is 0. The van der Waals surface area contributed by atoms with Gasteiger partial charge in [-0.3, -0.25) is 24.0 Å². The quantitative estimate of drug-likeness (QED) is 0.0925. The third-order valence-electron chi connectivity index (χ3n) is 10.4. The van der Waals surface area contributed by atoms with Crippen molar-refractivity contribution >= 4 is 46.3 Å². The predicted molar refractivity (Wildman–Crippen MR) is 197 cm³/mol. The van der Waals surface area contributed by atoms with Gasteiger partial charge in [0.1, 0.15) is 17.7 Å². The monoisotopic (exact) mass is 746 g/mol. The highest BCUT2D eigenvalue weighted by molar-refractivity contribution is 6.37. The Morgan fingerprint density at radius 2 is 1.69 bits per heavy atom. The summed E-state index contributed by atoms with van der Waals surface area (Å²) in [5.41, 5.74) is 4.72. The Bertz CT molecular complexity index is 1850. The average molecular weight is 747 g/mol. The third kappa shape index (κ3) is 9.98. The lowest BCUT2D eigenvalue weighted by atomic mass is 9.84. The van der Waals surface area contributed by atoms with Crippen molar-refractivity contribution < 1.29 is 39.0 Å². The van der Waals surface area contributed by atoms with Crippen LogP contribution in [0.2, 0.25) is 0 Å². The Balaban J connectivity index is 1.44. The molecule has 290 valence electrons. The molecule has 16 heteroatoms. The van der Waals surface area contributed by atoms with Crippen molar-refractivity contribution in [2.75, 3.05) is 13.1 Å². The number of hydrogen-bond acceptors (Lipinski definition) is 9. The molecule has 2 aliphatic rings. The molecule has 5 amide bonds. The lowest BCUT2D eigenvalue weighted by molar-refractivity contribution is -0.142. The largest absolute Gasteiger partial charge is 0.465 e. The van der Waals surface area contributed by atoms with Gasteiger partial charge < -0.3 is 36.8 Å². The van der Waals surface area contributed by atoms with Crippen LogP contribution in [0.25, 0.3) is 10.8 Å². The number of nitrogens with zero attached hydrogens (tertiary/aromatic N) is 4. The summed E-state index contributed by atoms with van der Waals surface area (Å²) in [6.07, 6.45) is 6.10. The Labute approximate surface area is 313 Å². The number of aromatic nitrogens is 3. The number of Topliss-reactive ketones (excluding diaryl/α,β-unsaturated/α-hetero) is 1. The fourth-order valence-electron chi connectivity index (χ4n) is 7.56. The SMILES string of the molecule is CC(C)(O)c1cnnn1[C@H]1C[C@@H](C(=O)NC(CCCCNC(=O)O)C(=O)C(N)=O)N(C(=O)[C@@H](CC2CCCCC2)NC(=O)c2ccc3ccccc3c2)C1. The highest BCUT2D eigenvalue weighted by atomic mass is 16.4. The van der Waals surface area contributed by atoms with Gasteiger partial charge in [0, 0.05) is 25.1 Å². The summed E-state index contributed by atoms with van der Waals surface area (Å²) < 4.78 is 1.48. The van der Waals surface area contributed by atoms with Crippen LogP contribution in [0.1, 0.15) is 100 Å². The Kier molecular flexibility index (Phi) is 13.0. The van der Waals surface area contributed by atoms with E-state index in [0.717, 1.165) is 42.9 Å². The average Bonchev–Trinajstić information content (AvgIpc) is 3.82. The van der Waals surface area contributed by atoms with E-state index >= 15 is 0 Å². The topological polar surface area (TPSA) is 239 Å². The van der Waals surface area contributed by atoms with E-state index in [9.17, 15) is 33.9 Å². The van der Waals surface area contributed by atoms with Crippen LogP contribution in [0.3, 0.4) is 0 Å². The number of hydrogen-bond donors (Lipinski definition) is 6. The number of carboxylic acid groups (broad SMARTS) is 1. The number of ketones is 1. The van der Waals surface area contributed by atoms with Crippen molar-refractivity contribution in [1.82, 2.24) is 35.8 Å². The van der Waals surface area contributed by atoms with Gasteiger partial charge in [-0.05, 0) is 68.4 Å². The highest BCUT2D eigenvalue weighted by Crippen LogP contribution is 2.33. The first kappa shape index (κ1) is 39.8. The second-order valence-corrected chi connectivity index (χ2v) is 14.9. The number of fused-ring (bicyclic) bond motifs is 1. The second kappa shape index (κ2) is 17.6. The Morgan fingerprint density at radius 1 is 0.963 bits per heavy atom. The molecule has 5 rings (SSSR count). The molecule has 1 saturated carbocycles. The lowest BCUT2D eigenvalue weighted by Crippen LogP contribution is -2.56. The molecule has 0 radical (unpaired) electrons. The number of nitrogens with one attached hydrogen (secondary N) is 3. The molecule has 2 heterocycles. The van der Waals surface area contributed by atoms with Crippen molar-refractivity contribution in [3.63, 3.8) is 0 Å². The molecule has 1 unspecified atom stereocenters. The first-order chi connectivity index (χ1) is 25.7. The van der Waals surface area contributed by atoms with Gasteiger partial charge in [0.05, 0.1) is 24.0 Å². The number of carbonyl (C=O) groups is 6. The summed E-state index contributed by atoms with van der Waals surface area (Å²) in [5, 5.41) is 37.6. The maximum absolute atomic E-state index is 14.8. The third-order valence-corrected chi connectivity index (χ3v) is 10.4. The maximum Gasteiger partial charge on any atom is 0.404 e. The van der Waals surface area contributed by atoms with Crippen LogP contribution in [0, 0.1) is 5.92 Å². The van der Waals surface area contributed by atoms with E-state index in [1.165, 1.54) is 15.8 Å². The van der Waals surface area contributed by atoms with E-state index in [0.29, 0.717) is 24.1 Å². The molecule has 1 aromatic heterocycles. The van der Waals surface area contributed by atoms with E-state index in [4.69, 9.17) is 10.8 Å². The number of benzene rings is 2. The molecular weight excluding hydrogens is 696 g/mol. The fourth-order valence-corrected chi connectivity index (χ4v) is 7.56. The van der Waals surface area contributed by atoms with Crippen molar-refractivity contribution in [2.45, 2.75) is 108 Å². The van der Waals surface area contributed by atoms with E-state index in [-0.39, 0.29) is 38.3 Å². The van der Waals surface area contributed by atoms with Gasteiger partial charge in [-0.1, -0.05) is 67.6 Å². The molecule has 4 atom stereocenters. The summed E-state index contributed by atoms with van der Waals surface area (Å²) in [4.78, 5) is 79.9. The molecule has 3 aromatic rings. The van der Waals surface area contributed by atoms with Gasteiger partial charge in [0.2, 0.25) is 17.6 Å². The molecule has 1 saturated heterocycles. The van der Waals surface area contributed by atoms with Gasteiger partial charge in [0.25, 0.3) is 11.8 Å². The van der Waals surface area contributed by atoms with Crippen molar-refractivity contribution in [3.05, 3.63) is 59.9 Å². The van der Waals surface area contributed by atoms with Gasteiger partial charge >= 0.3 is 6.09 Å². The number of unbranched alkanes of at least 4 members (excludes halogenated alkanes) is 1. The van der Waals surface area contributed by atoms with Crippen LogP contribution in [-0.2, 0) is 24.8 Å². The summed E-state index contributed by atoms with van der Waals surface area (Å²) in [5.74, 6) is -3.74. The minimum atomic E-state index is -1.36. The van der Waals surface area contributed by atoms with E-state index in [1.54, 1.807) is 26.0 Å². The smallest absolute Gasteiger partial charge is 0.404 e. The molecule has 1 aliphatic heterocycles. The Morgan fingerprint density at radius 3 is 2.37 bits per heavy atom. The fraction of sp³-hybridized carbons (Fsp3) is 0.526. The zero-order chi connectivity index (χ0) is 39.0. The van der Waals surface area contributed by atoms with Crippen LogP contribution >= 0.6 is 0 Å². The molecule has 7 N–H and O–H groups in total. The van der Waals surface area contributed by atoms with Crippen LogP contribution in [0.15, 0.2) is 48.7 Å². The molecule has 54 heavy (non-hydrogen) atoms. The molecular formula is C38H50N8O8. The zero-order valence-corrected chi connectivity index (χ0v) is 30.7. The molecule has 0 spiro atoms. The number of aliphatic hydroxyl groups is 1. The summed E-state index contributed by atoms with van der Waals surface area (Å²) in [6, 6.07) is 8.87. The number of primary amides is 1. The van der Waals surface area contributed by atoms with Crippen molar-refractivity contribution in [3.8, 4) is 0 Å². The van der Waals surface area contributed by atoms with Crippen molar-refractivity contribution in [1.29, 1.82) is 0 Å². The van der Waals surface area contributed by atoms with E-state index < -0.39 is 65.3 Å². The second-order valence-electron chi connectivity index (χ2n) is 14.9. The van der Waals surface area contributed by atoms with Crippen LogP contribution in [0.5, 0.6) is 0 Å². The number of amides is 5. The van der Waals surface area contributed by atoms with E-state index in [1.807, 2.05) is 30.3 Å². The zero-order valence-electron chi connectivity index (χ0n) is 30.7. The van der Waals surface area contributed by atoms with Gasteiger partial charge in [-0.2, -0.15) is 0 Å². The lowest BCUT2D eigenvalue weighted by Gasteiger charge is -2.32. The van der Waals surface area contributed by atoms with Gasteiger partial charge in [-0.25, -0.2) is 9.48 Å². The first-order valence-corrected chi connectivity index (χ1v) is 18.6. The number of nitrogens with two attached hydrogens (primary N) is 1. The van der Waals surface area contributed by atoms with Gasteiger partial charge in [0.15, 0.2) is 0 Å². The molecule has 2 fully saturated rings. The summed E-state index contributed by atoms with van der Waals surface area (Å²) >= 11 is 0. The predicted octanol–water partition coefficient (Wildman–Crippen LogP) is 2.55. The summed E-state index contributed by atoms with van der Waals surface area (Å²) in [6.45, 7) is 3.21. The highest BCUT2D eigenvalue weighted by Gasteiger charge is 2.45. The first-order valence-electron chi connectivity index (χ1n) is 18.6. The number of rotatable bonds is 16.